The zero-order chi connectivity index (χ0) is 15.0. The van der Waals surface area contributed by atoms with E-state index in [0.717, 1.165) is 5.56 Å². The van der Waals surface area contributed by atoms with Gasteiger partial charge in [0.2, 0.25) is 11.8 Å². The van der Waals surface area contributed by atoms with E-state index in [-0.39, 0.29) is 18.2 Å². The number of rotatable bonds is 8. The second-order valence-electron chi connectivity index (χ2n) is 4.15. The maximum atomic E-state index is 11.5. The fraction of sp³-hybridized carbons (Fsp3) is 0.385. The first-order valence-corrected chi connectivity index (χ1v) is 7.97. The van der Waals surface area contributed by atoms with E-state index in [1.54, 1.807) is 12.1 Å². The van der Waals surface area contributed by atoms with Gasteiger partial charge in [0.05, 0.1) is 5.75 Å². The highest BCUT2D eigenvalue weighted by molar-refractivity contribution is 7.99. The van der Waals surface area contributed by atoms with Crippen LogP contribution in [0.25, 0.3) is 0 Å². The first kappa shape index (κ1) is 17.1. The Morgan fingerprint density at radius 3 is 2.70 bits per heavy atom. The van der Waals surface area contributed by atoms with Crippen LogP contribution in [0.2, 0.25) is 10.0 Å². The zero-order valence-corrected chi connectivity index (χ0v) is 13.2. The Labute approximate surface area is 132 Å². The average molecular weight is 335 g/mol. The van der Waals surface area contributed by atoms with E-state index in [2.05, 4.69) is 5.32 Å². The molecule has 20 heavy (non-hydrogen) atoms. The van der Waals surface area contributed by atoms with Crippen molar-refractivity contribution in [2.75, 3.05) is 12.3 Å². The Kier molecular flexibility index (Phi) is 7.80. The number of nitrogens with one attached hydrogen (secondary N) is 1. The Hall–Kier alpha value is -0.910. The van der Waals surface area contributed by atoms with Crippen LogP contribution in [0.1, 0.15) is 18.4 Å². The number of carbonyl (C=O) groups excluding carboxylic acids is 2. The number of carbonyl (C=O) groups is 2. The fourth-order valence-electron chi connectivity index (χ4n) is 1.43. The van der Waals surface area contributed by atoms with Gasteiger partial charge < -0.3 is 11.1 Å². The van der Waals surface area contributed by atoms with Gasteiger partial charge in [-0.25, -0.2) is 0 Å². The lowest BCUT2D eigenvalue weighted by Gasteiger charge is -2.06. The van der Waals surface area contributed by atoms with Crippen LogP contribution < -0.4 is 11.1 Å². The normalized spacial score (nSPS) is 10.3. The predicted octanol–water partition coefficient (Wildman–Crippen LogP) is 2.61. The van der Waals surface area contributed by atoms with Gasteiger partial charge in [0.1, 0.15) is 0 Å². The summed E-state index contributed by atoms with van der Waals surface area (Å²) < 4.78 is 0. The molecular weight excluding hydrogens is 319 g/mol. The van der Waals surface area contributed by atoms with Gasteiger partial charge in [-0.15, -0.1) is 11.8 Å². The lowest BCUT2D eigenvalue weighted by Crippen LogP contribution is -2.27. The average Bonchev–Trinajstić information content (AvgIpc) is 2.37. The number of amides is 2. The smallest absolute Gasteiger partial charge is 0.230 e. The number of primary amides is 1. The van der Waals surface area contributed by atoms with Crippen molar-refractivity contribution in [3.63, 3.8) is 0 Å². The van der Waals surface area contributed by atoms with E-state index in [4.69, 9.17) is 28.9 Å². The van der Waals surface area contributed by atoms with Gasteiger partial charge in [-0.2, -0.15) is 0 Å². The number of halogens is 2. The molecule has 7 heteroatoms. The SMILES string of the molecule is NC(=O)CCCNC(=O)CSCc1ccc(Cl)cc1Cl. The molecule has 0 unspecified atom stereocenters. The molecule has 0 aliphatic heterocycles. The summed E-state index contributed by atoms with van der Waals surface area (Å²) in [6, 6.07) is 5.30. The lowest BCUT2D eigenvalue weighted by atomic mass is 10.2. The Bertz CT molecular complexity index is 483. The fourth-order valence-corrected chi connectivity index (χ4v) is 2.85. The van der Waals surface area contributed by atoms with Crippen LogP contribution in [-0.4, -0.2) is 24.1 Å². The summed E-state index contributed by atoms with van der Waals surface area (Å²) in [5.41, 5.74) is 5.95. The van der Waals surface area contributed by atoms with Crippen molar-refractivity contribution in [1.29, 1.82) is 0 Å². The highest BCUT2D eigenvalue weighted by Gasteiger charge is 2.05. The first-order valence-electron chi connectivity index (χ1n) is 6.05. The molecule has 0 aromatic heterocycles. The molecule has 0 aliphatic carbocycles. The van der Waals surface area contributed by atoms with E-state index in [0.29, 0.717) is 34.5 Å². The van der Waals surface area contributed by atoms with Crippen LogP contribution in [0, 0.1) is 0 Å². The van der Waals surface area contributed by atoms with Crippen LogP contribution in [-0.2, 0) is 15.3 Å². The van der Waals surface area contributed by atoms with E-state index in [9.17, 15) is 9.59 Å². The van der Waals surface area contributed by atoms with Crippen LogP contribution in [0.3, 0.4) is 0 Å². The highest BCUT2D eigenvalue weighted by atomic mass is 35.5. The molecule has 110 valence electrons. The molecule has 0 aliphatic rings. The van der Waals surface area contributed by atoms with Crippen molar-refractivity contribution in [2.24, 2.45) is 5.73 Å². The summed E-state index contributed by atoms with van der Waals surface area (Å²) in [6.45, 7) is 0.462. The Morgan fingerprint density at radius 2 is 2.05 bits per heavy atom. The summed E-state index contributed by atoms with van der Waals surface area (Å²) in [4.78, 5) is 22.0. The molecule has 4 nitrogen and oxygen atoms in total. The van der Waals surface area contributed by atoms with Crippen LogP contribution in [0.4, 0.5) is 0 Å². The summed E-state index contributed by atoms with van der Waals surface area (Å²) in [5.74, 6) is 0.566. The third kappa shape index (κ3) is 7.03. The van der Waals surface area contributed by atoms with E-state index >= 15 is 0 Å². The number of benzene rings is 1. The van der Waals surface area contributed by atoms with Gasteiger partial charge in [-0.3, -0.25) is 9.59 Å². The van der Waals surface area contributed by atoms with Crippen LogP contribution in [0.5, 0.6) is 0 Å². The molecule has 0 atom stereocenters. The quantitative estimate of drug-likeness (QED) is 0.717. The molecular formula is C13H16Cl2N2O2S. The molecule has 1 rings (SSSR count). The molecule has 1 aromatic carbocycles. The molecule has 0 spiro atoms. The standard InChI is InChI=1S/C13H16Cl2N2O2S/c14-10-4-3-9(11(15)6-10)7-20-8-13(19)17-5-1-2-12(16)18/h3-4,6H,1-2,5,7-8H2,(H2,16,18)(H,17,19). The van der Waals surface area contributed by atoms with E-state index in [1.807, 2.05) is 6.07 Å². The van der Waals surface area contributed by atoms with Crippen LogP contribution in [0.15, 0.2) is 18.2 Å². The number of hydrogen-bond donors (Lipinski definition) is 2. The summed E-state index contributed by atoms with van der Waals surface area (Å²) >= 11 is 13.3. The second kappa shape index (κ2) is 9.10. The summed E-state index contributed by atoms with van der Waals surface area (Å²) in [7, 11) is 0. The predicted molar refractivity (Wildman–Crippen MR) is 84.1 cm³/mol. The monoisotopic (exact) mass is 334 g/mol. The summed E-state index contributed by atoms with van der Waals surface area (Å²) in [5, 5.41) is 3.92. The Balaban J connectivity index is 2.20. The highest BCUT2D eigenvalue weighted by Crippen LogP contribution is 2.24. The topological polar surface area (TPSA) is 72.2 Å². The minimum atomic E-state index is -0.356. The number of hydrogen-bond acceptors (Lipinski definition) is 3. The van der Waals surface area contributed by atoms with Gasteiger partial charge in [-0.05, 0) is 24.1 Å². The third-order valence-electron chi connectivity index (χ3n) is 2.43. The third-order valence-corrected chi connectivity index (χ3v) is 4.00. The Morgan fingerprint density at radius 1 is 1.30 bits per heavy atom. The minimum absolute atomic E-state index is 0.0652. The van der Waals surface area contributed by atoms with Crippen molar-refractivity contribution in [1.82, 2.24) is 5.32 Å². The molecule has 0 saturated carbocycles. The second-order valence-corrected chi connectivity index (χ2v) is 5.98. The maximum Gasteiger partial charge on any atom is 0.230 e. The van der Waals surface area contributed by atoms with E-state index in [1.165, 1.54) is 11.8 Å². The molecule has 0 bridgehead atoms. The first-order chi connectivity index (χ1) is 9.49. The van der Waals surface area contributed by atoms with E-state index < -0.39 is 0 Å². The largest absolute Gasteiger partial charge is 0.370 e. The lowest BCUT2D eigenvalue weighted by molar-refractivity contribution is -0.120. The van der Waals surface area contributed by atoms with Gasteiger partial charge in [0.25, 0.3) is 0 Å². The molecule has 0 heterocycles. The van der Waals surface area contributed by atoms with Gasteiger partial charge in [-0.1, -0.05) is 29.3 Å². The van der Waals surface area contributed by atoms with Crippen molar-refractivity contribution in [3.8, 4) is 0 Å². The van der Waals surface area contributed by atoms with Crippen molar-refractivity contribution in [3.05, 3.63) is 33.8 Å². The van der Waals surface area contributed by atoms with Crippen LogP contribution >= 0.6 is 35.0 Å². The molecule has 2 amide bonds. The van der Waals surface area contributed by atoms with Crippen molar-refractivity contribution in [2.45, 2.75) is 18.6 Å². The molecule has 3 N–H and O–H groups in total. The van der Waals surface area contributed by atoms with Gasteiger partial charge >= 0.3 is 0 Å². The molecule has 1 aromatic rings. The number of thioether (sulfide) groups is 1. The van der Waals surface area contributed by atoms with Crippen molar-refractivity contribution < 1.29 is 9.59 Å². The summed E-state index contributed by atoms with van der Waals surface area (Å²) in [6.07, 6.45) is 0.850. The molecule has 0 saturated heterocycles. The molecule has 0 fully saturated rings. The minimum Gasteiger partial charge on any atom is -0.370 e. The maximum absolute atomic E-state index is 11.5. The zero-order valence-electron chi connectivity index (χ0n) is 10.8. The number of nitrogens with two attached hydrogens (primary N) is 1. The van der Waals surface area contributed by atoms with Gasteiger partial charge in [0.15, 0.2) is 0 Å². The molecule has 0 radical (unpaired) electrons. The van der Waals surface area contributed by atoms with Crippen molar-refractivity contribution >= 4 is 46.8 Å². The van der Waals surface area contributed by atoms with Gasteiger partial charge in [0, 0.05) is 28.8 Å².